The summed E-state index contributed by atoms with van der Waals surface area (Å²) >= 11 is 0. The molecule has 2 aromatic rings. The molecule has 0 aliphatic heterocycles. The highest BCUT2D eigenvalue weighted by molar-refractivity contribution is 6.39. The first-order chi connectivity index (χ1) is 12.2. The Kier molecular flexibility index (Phi) is 7.46. The molecule has 2 rings (SSSR count). The van der Waals surface area contributed by atoms with Crippen molar-refractivity contribution in [1.82, 2.24) is 5.32 Å². The maximum absolute atomic E-state index is 11.8. The van der Waals surface area contributed by atoms with Gasteiger partial charge in [-0.3, -0.25) is 9.59 Å². The van der Waals surface area contributed by atoms with Crippen molar-refractivity contribution in [2.45, 2.75) is 13.0 Å². The highest BCUT2D eigenvalue weighted by atomic mass is 16.5. The summed E-state index contributed by atoms with van der Waals surface area (Å²) in [5, 5.41) is 5.08. The molecule has 6 nitrogen and oxygen atoms in total. The van der Waals surface area contributed by atoms with Gasteiger partial charge in [0.1, 0.15) is 12.4 Å². The number of anilines is 1. The molecule has 2 aromatic carbocycles. The Balaban J connectivity index is 1.77. The van der Waals surface area contributed by atoms with Gasteiger partial charge in [-0.05, 0) is 36.2 Å². The average Bonchev–Trinajstić information content (AvgIpc) is 2.65. The van der Waals surface area contributed by atoms with Crippen LogP contribution < -0.4 is 15.4 Å². The van der Waals surface area contributed by atoms with Crippen LogP contribution in [0.25, 0.3) is 0 Å². The van der Waals surface area contributed by atoms with E-state index >= 15 is 0 Å². The van der Waals surface area contributed by atoms with Crippen LogP contribution in [0.2, 0.25) is 0 Å². The van der Waals surface area contributed by atoms with Gasteiger partial charge in [-0.2, -0.15) is 0 Å². The number of hydrogen-bond donors (Lipinski definition) is 2. The molecule has 0 saturated heterocycles. The molecule has 6 heteroatoms. The van der Waals surface area contributed by atoms with Gasteiger partial charge in [-0.15, -0.1) is 0 Å². The molecule has 0 heterocycles. The summed E-state index contributed by atoms with van der Waals surface area (Å²) in [7, 11) is 1.59. The molecule has 132 valence electrons. The first kappa shape index (κ1) is 18.5. The predicted octanol–water partition coefficient (Wildman–Crippen LogP) is 2.36. The number of rotatable bonds is 8. The van der Waals surface area contributed by atoms with Crippen molar-refractivity contribution in [3.8, 4) is 5.75 Å². The third-order valence-corrected chi connectivity index (χ3v) is 3.38. The summed E-state index contributed by atoms with van der Waals surface area (Å²) in [6.45, 7) is 1.40. The zero-order chi connectivity index (χ0) is 17.9. The summed E-state index contributed by atoms with van der Waals surface area (Å²) in [6.07, 6.45) is 0.656. The van der Waals surface area contributed by atoms with Crippen LogP contribution in [0, 0.1) is 0 Å². The quantitative estimate of drug-likeness (QED) is 0.570. The lowest BCUT2D eigenvalue weighted by atomic mass is 10.2. The van der Waals surface area contributed by atoms with Gasteiger partial charge in [0.15, 0.2) is 0 Å². The Hall–Kier alpha value is -2.86. The van der Waals surface area contributed by atoms with Crippen LogP contribution >= 0.6 is 0 Å². The Labute approximate surface area is 147 Å². The number of ether oxygens (including phenoxy) is 2. The number of nitrogens with one attached hydrogen (secondary N) is 2. The highest BCUT2D eigenvalue weighted by Gasteiger charge is 2.12. The van der Waals surface area contributed by atoms with Crippen molar-refractivity contribution in [2.75, 3.05) is 25.6 Å². The number of benzene rings is 2. The third-order valence-electron chi connectivity index (χ3n) is 3.38. The van der Waals surface area contributed by atoms with Crippen molar-refractivity contribution >= 4 is 17.5 Å². The minimum Gasteiger partial charge on any atom is -0.489 e. The first-order valence-electron chi connectivity index (χ1n) is 8.04. The van der Waals surface area contributed by atoms with E-state index in [1.807, 2.05) is 30.3 Å². The second-order valence-electron chi connectivity index (χ2n) is 5.36. The van der Waals surface area contributed by atoms with Gasteiger partial charge < -0.3 is 20.1 Å². The van der Waals surface area contributed by atoms with E-state index in [2.05, 4.69) is 10.6 Å². The van der Waals surface area contributed by atoms with E-state index in [0.717, 1.165) is 5.56 Å². The van der Waals surface area contributed by atoms with E-state index in [1.165, 1.54) is 0 Å². The predicted molar refractivity (Wildman–Crippen MR) is 95.3 cm³/mol. The van der Waals surface area contributed by atoms with Gasteiger partial charge in [0.05, 0.1) is 0 Å². The van der Waals surface area contributed by atoms with Crippen molar-refractivity contribution in [3.63, 3.8) is 0 Å². The van der Waals surface area contributed by atoms with Gasteiger partial charge in [-0.25, -0.2) is 0 Å². The maximum atomic E-state index is 11.8. The fourth-order valence-corrected chi connectivity index (χ4v) is 2.06. The lowest BCUT2D eigenvalue weighted by molar-refractivity contribution is -0.136. The highest BCUT2D eigenvalue weighted by Crippen LogP contribution is 2.17. The molecule has 25 heavy (non-hydrogen) atoms. The van der Waals surface area contributed by atoms with E-state index in [0.29, 0.717) is 37.6 Å². The van der Waals surface area contributed by atoms with Crippen molar-refractivity contribution in [1.29, 1.82) is 0 Å². The zero-order valence-corrected chi connectivity index (χ0v) is 14.2. The number of carbonyl (C=O) groups is 2. The fourth-order valence-electron chi connectivity index (χ4n) is 2.06. The number of carbonyl (C=O) groups excluding carboxylic acids is 2. The molecular formula is C19H22N2O4. The third kappa shape index (κ3) is 6.64. The molecule has 0 atom stereocenters. The molecule has 2 N–H and O–H groups in total. The molecule has 0 aliphatic rings. The Bertz CT molecular complexity index is 672. The number of methoxy groups -OCH3 is 1. The zero-order valence-electron chi connectivity index (χ0n) is 14.2. The average molecular weight is 342 g/mol. The Morgan fingerprint density at radius 3 is 2.36 bits per heavy atom. The summed E-state index contributed by atoms with van der Waals surface area (Å²) in [5.74, 6) is -0.679. The van der Waals surface area contributed by atoms with Crippen molar-refractivity contribution in [3.05, 3.63) is 60.2 Å². The molecule has 0 spiro atoms. The maximum Gasteiger partial charge on any atom is 0.313 e. The second-order valence-corrected chi connectivity index (χ2v) is 5.36. The SMILES string of the molecule is COCCCNC(=O)C(=O)Nc1ccc(OCc2ccccc2)cc1. The van der Waals surface area contributed by atoms with Crippen LogP contribution in [-0.4, -0.2) is 32.1 Å². The van der Waals surface area contributed by atoms with E-state index in [9.17, 15) is 9.59 Å². The Morgan fingerprint density at radius 1 is 0.960 bits per heavy atom. The van der Waals surface area contributed by atoms with E-state index in [4.69, 9.17) is 9.47 Å². The summed E-state index contributed by atoms with van der Waals surface area (Å²) in [5.41, 5.74) is 1.61. The summed E-state index contributed by atoms with van der Waals surface area (Å²) < 4.78 is 10.5. The van der Waals surface area contributed by atoms with Gasteiger partial charge in [0, 0.05) is 25.9 Å². The Morgan fingerprint density at radius 2 is 1.68 bits per heavy atom. The topological polar surface area (TPSA) is 76.7 Å². The molecule has 0 aromatic heterocycles. The smallest absolute Gasteiger partial charge is 0.313 e. The normalized spacial score (nSPS) is 10.1. The molecule has 0 aliphatic carbocycles. The summed E-state index contributed by atoms with van der Waals surface area (Å²) in [4.78, 5) is 23.4. The molecule has 2 amide bonds. The van der Waals surface area contributed by atoms with Crippen LogP contribution in [0.5, 0.6) is 5.75 Å². The number of hydrogen-bond acceptors (Lipinski definition) is 4. The summed E-state index contributed by atoms with van der Waals surface area (Å²) in [6, 6.07) is 16.7. The standard InChI is InChI=1S/C19H22N2O4/c1-24-13-5-12-20-18(22)19(23)21-16-8-10-17(11-9-16)25-14-15-6-3-2-4-7-15/h2-4,6-11H,5,12-14H2,1H3,(H,20,22)(H,21,23). The molecular weight excluding hydrogens is 320 g/mol. The van der Waals surface area contributed by atoms with Gasteiger partial charge in [-0.1, -0.05) is 30.3 Å². The van der Waals surface area contributed by atoms with Crippen LogP contribution in [0.1, 0.15) is 12.0 Å². The van der Waals surface area contributed by atoms with Crippen molar-refractivity contribution in [2.24, 2.45) is 0 Å². The number of amides is 2. The molecule has 0 bridgehead atoms. The lowest BCUT2D eigenvalue weighted by Gasteiger charge is -2.09. The molecule has 0 unspecified atom stereocenters. The minimum absolute atomic E-state index is 0.395. The van der Waals surface area contributed by atoms with Gasteiger partial charge >= 0.3 is 11.8 Å². The monoisotopic (exact) mass is 342 g/mol. The van der Waals surface area contributed by atoms with Crippen LogP contribution in [0.15, 0.2) is 54.6 Å². The van der Waals surface area contributed by atoms with Gasteiger partial charge in [0.2, 0.25) is 0 Å². The van der Waals surface area contributed by atoms with E-state index < -0.39 is 11.8 Å². The van der Waals surface area contributed by atoms with Gasteiger partial charge in [0.25, 0.3) is 0 Å². The van der Waals surface area contributed by atoms with Crippen LogP contribution in [0.3, 0.4) is 0 Å². The lowest BCUT2D eigenvalue weighted by Crippen LogP contribution is -2.36. The first-order valence-corrected chi connectivity index (χ1v) is 8.04. The minimum atomic E-state index is -0.699. The molecule has 0 radical (unpaired) electrons. The molecule has 0 saturated carbocycles. The largest absolute Gasteiger partial charge is 0.489 e. The fraction of sp³-hybridized carbons (Fsp3) is 0.263. The van der Waals surface area contributed by atoms with Crippen molar-refractivity contribution < 1.29 is 19.1 Å². The van der Waals surface area contributed by atoms with Crippen LogP contribution in [0.4, 0.5) is 5.69 Å². The van der Waals surface area contributed by atoms with E-state index in [1.54, 1.807) is 31.4 Å². The van der Waals surface area contributed by atoms with E-state index in [-0.39, 0.29) is 0 Å². The molecule has 0 fully saturated rings. The van der Waals surface area contributed by atoms with Crippen LogP contribution in [-0.2, 0) is 20.9 Å². The second kappa shape index (κ2) is 10.1.